The second-order valence-corrected chi connectivity index (χ2v) is 9.04. The number of hydrogen-bond acceptors (Lipinski definition) is 4. The van der Waals surface area contributed by atoms with E-state index in [1.807, 2.05) is 11.8 Å². The van der Waals surface area contributed by atoms with Crippen molar-refractivity contribution in [2.24, 2.45) is 0 Å². The van der Waals surface area contributed by atoms with Crippen molar-refractivity contribution >= 4 is 33.2 Å². The summed E-state index contributed by atoms with van der Waals surface area (Å²) in [6.07, 6.45) is 0. The Morgan fingerprint density at radius 2 is 1.75 bits per heavy atom. The van der Waals surface area contributed by atoms with Crippen molar-refractivity contribution in [3.8, 4) is 0 Å². The highest BCUT2D eigenvalue weighted by atomic mass is 35.5. The molecule has 28 heavy (non-hydrogen) atoms. The Hall–Kier alpha value is -2.00. The SMILES string of the molecule is Cc1ccc(S(=O)(=O)N2CCN(CC(=O)Nc3cc(Cl)ccc3F)CC2)cc1. The molecule has 0 aromatic heterocycles. The Bertz CT molecular complexity index is 959. The molecular weight excluding hydrogens is 405 g/mol. The second-order valence-electron chi connectivity index (χ2n) is 6.67. The van der Waals surface area contributed by atoms with Crippen LogP contribution in [0.25, 0.3) is 0 Å². The third-order valence-electron chi connectivity index (χ3n) is 4.56. The highest BCUT2D eigenvalue weighted by molar-refractivity contribution is 7.89. The van der Waals surface area contributed by atoms with Crippen molar-refractivity contribution in [2.75, 3.05) is 38.0 Å². The van der Waals surface area contributed by atoms with Gasteiger partial charge < -0.3 is 5.32 Å². The summed E-state index contributed by atoms with van der Waals surface area (Å²) in [6, 6.07) is 10.7. The maximum atomic E-state index is 13.7. The van der Waals surface area contributed by atoms with Gasteiger partial charge in [0.1, 0.15) is 5.82 Å². The van der Waals surface area contributed by atoms with E-state index in [1.54, 1.807) is 24.3 Å². The van der Waals surface area contributed by atoms with Crippen LogP contribution in [0.1, 0.15) is 5.56 Å². The Labute approximate surface area is 168 Å². The van der Waals surface area contributed by atoms with Crippen LogP contribution in [-0.2, 0) is 14.8 Å². The topological polar surface area (TPSA) is 69.7 Å². The molecule has 1 N–H and O–H groups in total. The van der Waals surface area contributed by atoms with E-state index in [4.69, 9.17) is 11.6 Å². The summed E-state index contributed by atoms with van der Waals surface area (Å²) in [5, 5.41) is 2.82. The van der Waals surface area contributed by atoms with Gasteiger partial charge in [-0.15, -0.1) is 0 Å². The average molecular weight is 426 g/mol. The highest BCUT2D eigenvalue weighted by Crippen LogP contribution is 2.20. The van der Waals surface area contributed by atoms with Crippen molar-refractivity contribution < 1.29 is 17.6 Å². The second kappa shape index (κ2) is 8.57. The number of rotatable bonds is 5. The monoisotopic (exact) mass is 425 g/mol. The molecule has 1 fully saturated rings. The molecule has 1 heterocycles. The van der Waals surface area contributed by atoms with Gasteiger partial charge in [-0.05, 0) is 37.3 Å². The molecule has 0 saturated carbocycles. The van der Waals surface area contributed by atoms with Gasteiger partial charge in [-0.2, -0.15) is 4.31 Å². The molecule has 1 saturated heterocycles. The van der Waals surface area contributed by atoms with Crippen LogP contribution in [0.3, 0.4) is 0 Å². The predicted molar refractivity (Wildman–Crippen MR) is 106 cm³/mol. The first-order valence-electron chi connectivity index (χ1n) is 8.80. The predicted octanol–water partition coefficient (Wildman–Crippen LogP) is 2.73. The van der Waals surface area contributed by atoms with E-state index in [-0.39, 0.29) is 36.1 Å². The molecule has 1 aliphatic heterocycles. The fourth-order valence-corrected chi connectivity index (χ4v) is 4.57. The fraction of sp³-hybridized carbons (Fsp3) is 0.316. The molecule has 0 radical (unpaired) electrons. The van der Waals surface area contributed by atoms with E-state index in [2.05, 4.69) is 5.32 Å². The van der Waals surface area contributed by atoms with Crippen LogP contribution in [0.5, 0.6) is 0 Å². The molecule has 150 valence electrons. The van der Waals surface area contributed by atoms with Crippen LogP contribution in [-0.4, -0.2) is 56.3 Å². The van der Waals surface area contributed by atoms with Gasteiger partial charge in [0.15, 0.2) is 0 Å². The lowest BCUT2D eigenvalue weighted by atomic mass is 10.2. The Morgan fingerprint density at radius 1 is 1.11 bits per heavy atom. The largest absolute Gasteiger partial charge is 0.322 e. The molecule has 9 heteroatoms. The fourth-order valence-electron chi connectivity index (χ4n) is 2.97. The van der Waals surface area contributed by atoms with Crippen LogP contribution in [0.15, 0.2) is 47.4 Å². The molecule has 2 aromatic rings. The first kappa shape index (κ1) is 20.7. The van der Waals surface area contributed by atoms with Crippen molar-refractivity contribution in [3.05, 3.63) is 58.9 Å². The number of nitrogens with zero attached hydrogens (tertiary/aromatic N) is 2. The van der Waals surface area contributed by atoms with Crippen LogP contribution in [0, 0.1) is 12.7 Å². The number of anilines is 1. The zero-order valence-electron chi connectivity index (χ0n) is 15.4. The van der Waals surface area contributed by atoms with E-state index >= 15 is 0 Å². The first-order valence-corrected chi connectivity index (χ1v) is 10.6. The minimum Gasteiger partial charge on any atom is -0.322 e. The summed E-state index contributed by atoms with van der Waals surface area (Å²) in [6.45, 7) is 3.34. The van der Waals surface area contributed by atoms with Gasteiger partial charge in [0.25, 0.3) is 0 Å². The number of halogens is 2. The Balaban J connectivity index is 1.55. The average Bonchev–Trinajstić information content (AvgIpc) is 2.65. The van der Waals surface area contributed by atoms with Gasteiger partial charge in [-0.1, -0.05) is 29.3 Å². The zero-order chi connectivity index (χ0) is 20.3. The summed E-state index contributed by atoms with van der Waals surface area (Å²) >= 11 is 5.82. The summed E-state index contributed by atoms with van der Waals surface area (Å²) in [5.41, 5.74) is 1.02. The van der Waals surface area contributed by atoms with Gasteiger partial charge in [-0.25, -0.2) is 12.8 Å². The summed E-state index contributed by atoms with van der Waals surface area (Å²) in [7, 11) is -3.55. The summed E-state index contributed by atoms with van der Waals surface area (Å²) < 4.78 is 40.6. The number of nitrogens with one attached hydrogen (secondary N) is 1. The van der Waals surface area contributed by atoms with Crippen LogP contribution >= 0.6 is 11.6 Å². The number of hydrogen-bond donors (Lipinski definition) is 1. The minimum absolute atomic E-state index is 0.0260. The lowest BCUT2D eigenvalue weighted by molar-refractivity contribution is -0.117. The molecule has 1 amide bonds. The van der Waals surface area contributed by atoms with Crippen molar-refractivity contribution in [2.45, 2.75) is 11.8 Å². The number of piperazine rings is 1. The summed E-state index contributed by atoms with van der Waals surface area (Å²) in [4.78, 5) is 14.3. The van der Waals surface area contributed by atoms with Crippen molar-refractivity contribution in [1.29, 1.82) is 0 Å². The van der Waals surface area contributed by atoms with Crippen LogP contribution in [0.4, 0.5) is 10.1 Å². The van der Waals surface area contributed by atoms with Crippen molar-refractivity contribution in [3.63, 3.8) is 0 Å². The maximum Gasteiger partial charge on any atom is 0.243 e. The zero-order valence-corrected chi connectivity index (χ0v) is 16.9. The van der Waals surface area contributed by atoms with E-state index in [9.17, 15) is 17.6 Å². The van der Waals surface area contributed by atoms with Crippen LogP contribution < -0.4 is 5.32 Å². The number of aryl methyl sites for hydroxylation is 1. The molecular formula is C19H21ClFN3O3S. The Morgan fingerprint density at radius 3 is 2.39 bits per heavy atom. The first-order chi connectivity index (χ1) is 13.3. The lowest BCUT2D eigenvalue weighted by Gasteiger charge is -2.33. The maximum absolute atomic E-state index is 13.7. The van der Waals surface area contributed by atoms with Gasteiger partial charge in [0.2, 0.25) is 15.9 Å². The molecule has 2 aromatic carbocycles. The molecule has 3 rings (SSSR count). The van der Waals surface area contributed by atoms with Gasteiger partial charge in [0.05, 0.1) is 17.1 Å². The van der Waals surface area contributed by atoms with E-state index in [1.165, 1.54) is 22.5 Å². The molecule has 0 unspecified atom stereocenters. The smallest absolute Gasteiger partial charge is 0.243 e. The standard InChI is InChI=1S/C19H21ClFN3O3S/c1-14-2-5-16(6-3-14)28(26,27)24-10-8-23(9-11-24)13-19(25)22-18-12-15(20)4-7-17(18)21/h2-7,12H,8-11,13H2,1H3,(H,22,25). The highest BCUT2D eigenvalue weighted by Gasteiger charge is 2.29. The normalized spacial score (nSPS) is 16.1. The number of amides is 1. The molecule has 6 nitrogen and oxygen atoms in total. The Kier molecular flexibility index (Phi) is 6.34. The molecule has 0 bridgehead atoms. The molecule has 0 aliphatic carbocycles. The number of sulfonamides is 1. The van der Waals surface area contributed by atoms with E-state index in [0.717, 1.165) is 5.56 Å². The molecule has 0 atom stereocenters. The van der Waals surface area contributed by atoms with Gasteiger partial charge in [-0.3, -0.25) is 9.69 Å². The third kappa shape index (κ3) is 4.88. The lowest BCUT2D eigenvalue weighted by Crippen LogP contribution is -2.50. The quantitative estimate of drug-likeness (QED) is 0.799. The van der Waals surface area contributed by atoms with E-state index < -0.39 is 15.8 Å². The third-order valence-corrected chi connectivity index (χ3v) is 6.71. The van der Waals surface area contributed by atoms with E-state index in [0.29, 0.717) is 18.1 Å². The number of carbonyl (C=O) groups is 1. The number of carbonyl (C=O) groups excluding carboxylic acids is 1. The van der Waals surface area contributed by atoms with Gasteiger partial charge >= 0.3 is 0 Å². The van der Waals surface area contributed by atoms with Crippen LogP contribution in [0.2, 0.25) is 5.02 Å². The minimum atomic E-state index is -3.55. The number of benzene rings is 2. The van der Waals surface area contributed by atoms with Gasteiger partial charge in [0, 0.05) is 31.2 Å². The van der Waals surface area contributed by atoms with Crippen molar-refractivity contribution in [1.82, 2.24) is 9.21 Å². The summed E-state index contributed by atoms with van der Waals surface area (Å²) in [5.74, 6) is -0.942. The molecule has 0 spiro atoms. The molecule has 1 aliphatic rings.